The summed E-state index contributed by atoms with van der Waals surface area (Å²) in [5.41, 5.74) is 0. The second-order valence-corrected chi connectivity index (χ2v) is 4.90. The third-order valence-electron chi connectivity index (χ3n) is 2.70. The SMILES string of the molecule is O=C(Cc1nn2cnnc2s1)N1CCNCC1. The molecular formula is C9H12N6OS. The summed E-state index contributed by atoms with van der Waals surface area (Å²) in [5.74, 6) is 0.136. The molecule has 17 heavy (non-hydrogen) atoms. The van der Waals surface area contributed by atoms with E-state index in [1.807, 2.05) is 4.90 Å². The van der Waals surface area contributed by atoms with Crippen LogP contribution in [0.2, 0.25) is 0 Å². The van der Waals surface area contributed by atoms with Crippen LogP contribution in [0.15, 0.2) is 6.33 Å². The van der Waals surface area contributed by atoms with Gasteiger partial charge in [0.1, 0.15) is 11.3 Å². The van der Waals surface area contributed by atoms with Crippen LogP contribution in [-0.4, -0.2) is 56.8 Å². The molecule has 1 aliphatic heterocycles. The topological polar surface area (TPSA) is 75.4 Å². The van der Waals surface area contributed by atoms with Gasteiger partial charge in [0, 0.05) is 26.2 Å². The molecular weight excluding hydrogens is 240 g/mol. The molecule has 0 aromatic carbocycles. The van der Waals surface area contributed by atoms with Crippen LogP contribution in [0.4, 0.5) is 0 Å². The molecule has 0 atom stereocenters. The van der Waals surface area contributed by atoms with Gasteiger partial charge in [-0.15, -0.1) is 10.2 Å². The molecule has 2 aromatic heterocycles. The lowest BCUT2D eigenvalue weighted by Gasteiger charge is -2.27. The van der Waals surface area contributed by atoms with Crippen molar-refractivity contribution in [2.24, 2.45) is 0 Å². The van der Waals surface area contributed by atoms with Gasteiger partial charge in [-0.3, -0.25) is 4.79 Å². The standard InChI is InChI=1S/C9H12N6OS/c16-8(14-3-1-10-2-4-14)5-7-13-15-6-11-12-9(15)17-7/h6,10H,1-5H2. The Balaban J connectivity index is 1.69. The van der Waals surface area contributed by atoms with Gasteiger partial charge >= 0.3 is 0 Å². The fourth-order valence-electron chi connectivity index (χ4n) is 1.83. The molecule has 90 valence electrons. The third kappa shape index (κ3) is 2.13. The van der Waals surface area contributed by atoms with Crippen molar-refractivity contribution < 1.29 is 4.79 Å². The molecule has 0 bridgehead atoms. The van der Waals surface area contributed by atoms with Crippen LogP contribution in [0, 0.1) is 0 Å². The highest BCUT2D eigenvalue weighted by atomic mass is 32.1. The number of amides is 1. The molecule has 1 N–H and O–H groups in total. The van der Waals surface area contributed by atoms with Crippen LogP contribution in [-0.2, 0) is 11.2 Å². The second-order valence-electron chi connectivity index (χ2n) is 3.86. The highest BCUT2D eigenvalue weighted by molar-refractivity contribution is 7.16. The van der Waals surface area contributed by atoms with Crippen molar-refractivity contribution in [2.45, 2.75) is 6.42 Å². The average Bonchev–Trinajstić information content (AvgIpc) is 2.90. The molecule has 3 heterocycles. The Morgan fingerprint density at radius 3 is 3.06 bits per heavy atom. The second kappa shape index (κ2) is 4.38. The average molecular weight is 252 g/mol. The van der Waals surface area contributed by atoms with E-state index >= 15 is 0 Å². The number of carbonyl (C=O) groups excluding carboxylic acids is 1. The highest BCUT2D eigenvalue weighted by Gasteiger charge is 2.18. The maximum atomic E-state index is 12.0. The molecule has 1 amide bonds. The zero-order chi connectivity index (χ0) is 11.7. The number of nitrogens with zero attached hydrogens (tertiary/aromatic N) is 5. The van der Waals surface area contributed by atoms with Gasteiger partial charge < -0.3 is 10.2 Å². The van der Waals surface area contributed by atoms with E-state index in [1.54, 1.807) is 10.8 Å². The summed E-state index contributed by atoms with van der Waals surface area (Å²) in [6, 6.07) is 0. The van der Waals surface area contributed by atoms with E-state index in [-0.39, 0.29) is 5.91 Å². The van der Waals surface area contributed by atoms with E-state index in [0.29, 0.717) is 6.42 Å². The van der Waals surface area contributed by atoms with Crippen molar-refractivity contribution in [3.63, 3.8) is 0 Å². The first-order valence-corrected chi connectivity index (χ1v) is 6.29. The molecule has 1 fully saturated rings. The van der Waals surface area contributed by atoms with Crippen molar-refractivity contribution >= 4 is 22.2 Å². The van der Waals surface area contributed by atoms with E-state index in [4.69, 9.17) is 0 Å². The summed E-state index contributed by atoms with van der Waals surface area (Å²) < 4.78 is 1.60. The summed E-state index contributed by atoms with van der Waals surface area (Å²) >= 11 is 1.41. The van der Waals surface area contributed by atoms with Crippen molar-refractivity contribution in [3.8, 4) is 0 Å². The fraction of sp³-hybridized carbons (Fsp3) is 0.556. The molecule has 1 aliphatic rings. The first-order chi connectivity index (χ1) is 8.33. The summed E-state index contributed by atoms with van der Waals surface area (Å²) in [4.78, 5) is 14.6. The van der Waals surface area contributed by atoms with Gasteiger partial charge in [0.2, 0.25) is 10.9 Å². The van der Waals surface area contributed by atoms with E-state index < -0.39 is 0 Å². The zero-order valence-electron chi connectivity index (χ0n) is 9.17. The zero-order valence-corrected chi connectivity index (χ0v) is 9.98. The van der Waals surface area contributed by atoms with Gasteiger partial charge in [-0.25, -0.2) is 0 Å². The minimum Gasteiger partial charge on any atom is -0.340 e. The van der Waals surface area contributed by atoms with Crippen LogP contribution >= 0.6 is 11.3 Å². The molecule has 0 unspecified atom stereocenters. The van der Waals surface area contributed by atoms with Gasteiger partial charge in [-0.1, -0.05) is 11.3 Å². The Kier molecular flexibility index (Phi) is 2.73. The molecule has 0 aliphatic carbocycles. The van der Waals surface area contributed by atoms with Gasteiger partial charge in [0.05, 0.1) is 6.42 Å². The first kappa shape index (κ1) is 10.6. The Morgan fingerprint density at radius 1 is 1.47 bits per heavy atom. The normalized spacial score (nSPS) is 16.6. The van der Waals surface area contributed by atoms with E-state index in [1.165, 1.54) is 11.3 Å². The summed E-state index contributed by atoms with van der Waals surface area (Å²) in [6.45, 7) is 3.31. The largest absolute Gasteiger partial charge is 0.340 e. The van der Waals surface area contributed by atoms with Crippen molar-refractivity contribution in [2.75, 3.05) is 26.2 Å². The Morgan fingerprint density at radius 2 is 2.29 bits per heavy atom. The number of rotatable bonds is 2. The number of hydrogen-bond donors (Lipinski definition) is 1. The van der Waals surface area contributed by atoms with Crippen LogP contribution in [0.25, 0.3) is 4.96 Å². The number of piperazine rings is 1. The maximum absolute atomic E-state index is 12.0. The van der Waals surface area contributed by atoms with Crippen LogP contribution in [0.1, 0.15) is 5.01 Å². The van der Waals surface area contributed by atoms with E-state index in [9.17, 15) is 4.79 Å². The monoisotopic (exact) mass is 252 g/mol. The van der Waals surface area contributed by atoms with Gasteiger partial charge in [-0.2, -0.15) is 9.61 Å². The Bertz CT molecular complexity index is 500. The number of fused-ring (bicyclic) bond motifs is 1. The van der Waals surface area contributed by atoms with Crippen molar-refractivity contribution in [1.82, 2.24) is 30.0 Å². The molecule has 0 saturated carbocycles. The first-order valence-electron chi connectivity index (χ1n) is 5.47. The molecule has 3 rings (SSSR count). The molecule has 7 nitrogen and oxygen atoms in total. The minimum absolute atomic E-state index is 0.136. The number of nitrogens with one attached hydrogen (secondary N) is 1. The lowest BCUT2D eigenvalue weighted by atomic mass is 10.3. The molecule has 1 saturated heterocycles. The highest BCUT2D eigenvalue weighted by Crippen LogP contribution is 2.13. The number of carbonyl (C=O) groups is 1. The summed E-state index contributed by atoms with van der Waals surface area (Å²) in [5, 5.41) is 15.9. The van der Waals surface area contributed by atoms with Crippen molar-refractivity contribution in [1.29, 1.82) is 0 Å². The maximum Gasteiger partial charge on any atom is 0.234 e. The molecule has 0 radical (unpaired) electrons. The smallest absolute Gasteiger partial charge is 0.234 e. The van der Waals surface area contributed by atoms with Crippen LogP contribution < -0.4 is 5.32 Å². The van der Waals surface area contributed by atoms with E-state index in [0.717, 1.165) is 36.1 Å². The van der Waals surface area contributed by atoms with Crippen molar-refractivity contribution in [3.05, 3.63) is 11.3 Å². The molecule has 0 spiro atoms. The molecule has 2 aromatic rings. The lowest BCUT2D eigenvalue weighted by molar-refractivity contribution is -0.131. The van der Waals surface area contributed by atoms with Gasteiger partial charge in [0.15, 0.2) is 0 Å². The number of hydrogen-bond acceptors (Lipinski definition) is 6. The van der Waals surface area contributed by atoms with Crippen LogP contribution in [0.3, 0.4) is 0 Å². The fourth-order valence-corrected chi connectivity index (χ4v) is 2.63. The Hall–Kier alpha value is -1.54. The summed E-state index contributed by atoms with van der Waals surface area (Å²) in [6.07, 6.45) is 1.90. The lowest BCUT2D eigenvalue weighted by Crippen LogP contribution is -2.46. The minimum atomic E-state index is 0.136. The number of aromatic nitrogens is 4. The molecule has 8 heteroatoms. The third-order valence-corrected chi connectivity index (χ3v) is 3.61. The van der Waals surface area contributed by atoms with Gasteiger partial charge in [0.25, 0.3) is 0 Å². The Labute approximate surface area is 101 Å². The van der Waals surface area contributed by atoms with E-state index in [2.05, 4.69) is 20.6 Å². The predicted octanol–water partition coefficient (Wildman–Crippen LogP) is -0.840. The summed E-state index contributed by atoms with van der Waals surface area (Å²) in [7, 11) is 0. The van der Waals surface area contributed by atoms with Crippen LogP contribution in [0.5, 0.6) is 0 Å². The van der Waals surface area contributed by atoms with Gasteiger partial charge in [-0.05, 0) is 0 Å². The predicted molar refractivity (Wildman–Crippen MR) is 61.8 cm³/mol. The quantitative estimate of drug-likeness (QED) is 0.754.